The standard InChI is InChI=1S/C28H29F2N9/c1-37-4-6-39(7-5-37)26-15-32-13-24-20(26)9-23(34-24)27-21-10-22(33-14-25(21)35-36-27)19-8-18(11-31-12-19)16-38-3-2-28(29,30)17-38/h8-15,34H,2-7,16-17H2,1H3,(H,35,36). The van der Waals surface area contributed by atoms with Crippen LogP contribution in [0.1, 0.15) is 12.0 Å². The van der Waals surface area contributed by atoms with E-state index < -0.39 is 5.92 Å². The van der Waals surface area contributed by atoms with Crippen molar-refractivity contribution in [3.05, 3.63) is 54.7 Å². The highest BCUT2D eigenvalue weighted by atomic mass is 19.3. The zero-order valence-corrected chi connectivity index (χ0v) is 21.7. The van der Waals surface area contributed by atoms with Crippen LogP contribution in [0.5, 0.6) is 0 Å². The number of aromatic amines is 2. The smallest absolute Gasteiger partial charge is 0.261 e. The molecule has 2 fully saturated rings. The molecule has 200 valence electrons. The van der Waals surface area contributed by atoms with Crippen LogP contribution in [0.2, 0.25) is 0 Å². The zero-order valence-electron chi connectivity index (χ0n) is 21.7. The number of alkyl halides is 2. The van der Waals surface area contributed by atoms with Crippen molar-refractivity contribution < 1.29 is 8.78 Å². The Balaban J connectivity index is 1.21. The number of halogens is 2. The molecule has 5 aromatic heterocycles. The first-order valence-electron chi connectivity index (χ1n) is 13.2. The molecule has 2 aliphatic heterocycles. The molecule has 0 amide bonds. The molecule has 2 N–H and O–H groups in total. The van der Waals surface area contributed by atoms with Crippen LogP contribution in [0.4, 0.5) is 14.5 Å². The van der Waals surface area contributed by atoms with Gasteiger partial charge < -0.3 is 14.8 Å². The van der Waals surface area contributed by atoms with Crippen molar-refractivity contribution in [3.8, 4) is 22.6 Å². The van der Waals surface area contributed by atoms with Crippen LogP contribution >= 0.6 is 0 Å². The van der Waals surface area contributed by atoms with Crippen molar-refractivity contribution in [2.75, 3.05) is 51.2 Å². The van der Waals surface area contributed by atoms with Crippen molar-refractivity contribution >= 4 is 27.5 Å². The molecular formula is C28H29F2N9. The maximum absolute atomic E-state index is 13.6. The number of rotatable bonds is 5. The first-order valence-corrected chi connectivity index (χ1v) is 13.2. The second kappa shape index (κ2) is 9.35. The van der Waals surface area contributed by atoms with Gasteiger partial charge in [-0.15, -0.1) is 0 Å². The van der Waals surface area contributed by atoms with Gasteiger partial charge in [0.25, 0.3) is 5.92 Å². The lowest BCUT2D eigenvalue weighted by molar-refractivity contribution is 0.0115. The van der Waals surface area contributed by atoms with Gasteiger partial charge in [0.05, 0.1) is 53.2 Å². The number of piperazine rings is 1. The van der Waals surface area contributed by atoms with E-state index in [1.54, 1.807) is 23.5 Å². The minimum absolute atomic E-state index is 0.0949. The first kappa shape index (κ1) is 24.1. The predicted molar refractivity (Wildman–Crippen MR) is 147 cm³/mol. The average molecular weight is 530 g/mol. The summed E-state index contributed by atoms with van der Waals surface area (Å²) in [5, 5.41) is 9.78. The number of H-pyrrole nitrogens is 2. The maximum Gasteiger partial charge on any atom is 0.261 e. The van der Waals surface area contributed by atoms with E-state index in [0.29, 0.717) is 13.1 Å². The summed E-state index contributed by atoms with van der Waals surface area (Å²) in [6.07, 6.45) is 8.97. The lowest BCUT2D eigenvalue weighted by atomic mass is 10.1. The number of hydrogen-bond donors (Lipinski definition) is 2. The molecule has 7 heterocycles. The van der Waals surface area contributed by atoms with Gasteiger partial charge in [0.15, 0.2) is 0 Å². The van der Waals surface area contributed by atoms with E-state index in [1.165, 1.54) is 0 Å². The average Bonchev–Trinajstić information content (AvgIpc) is 3.64. The topological polar surface area (TPSA) is 92.9 Å². The number of nitrogens with zero attached hydrogens (tertiary/aromatic N) is 7. The van der Waals surface area contributed by atoms with Crippen LogP contribution in [0, 0.1) is 0 Å². The zero-order chi connectivity index (χ0) is 26.6. The monoisotopic (exact) mass is 529 g/mol. The van der Waals surface area contributed by atoms with E-state index in [4.69, 9.17) is 0 Å². The molecule has 5 aromatic rings. The van der Waals surface area contributed by atoms with Gasteiger partial charge in [-0.25, -0.2) is 8.78 Å². The molecule has 0 aromatic carbocycles. The van der Waals surface area contributed by atoms with Crippen LogP contribution in [0.15, 0.2) is 49.2 Å². The van der Waals surface area contributed by atoms with E-state index in [-0.39, 0.29) is 13.0 Å². The highest BCUT2D eigenvalue weighted by Gasteiger charge is 2.37. The van der Waals surface area contributed by atoms with Crippen LogP contribution in [0.25, 0.3) is 44.5 Å². The summed E-state index contributed by atoms with van der Waals surface area (Å²) in [6, 6.07) is 6.13. The highest BCUT2D eigenvalue weighted by molar-refractivity contribution is 6.00. The number of fused-ring (bicyclic) bond motifs is 2. The Bertz CT molecular complexity index is 1650. The lowest BCUT2D eigenvalue weighted by Crippen LogP contribution is -2.44. The fourth-order valence-corrected chi connectivity index (χ4v) is 5.66. The minimum atomic E-state index is -2.61. The van der Waals surface area contributed by atoms with E-state index in [1.807, 2.05) is 24.5 Å². The Morgan fingerprint density at radius 1 is 0.897 bits per heavy atom. The summed E-state index contributed by atoms with van der Waals surface area (Å²) >= 11 is 0. The summed E-state index contributed by atoms with van der Waals surface area (Å²) < 4.78 is 27.3. The van der Waals surface area contributed by atoms with Gasteiger partial charge in [-0.3, -0.25) is 25.0 Å². The number of nitrogens with one attached hydrogen (secondary N) is 2. The van der Waals surface area contributed by atoms with E-state index >= 15 is 0 Å². The number of likely N-dealkylation sites (N-methyl/N-ethyl adjacent to an activating group) is 1. The van der Waals surface area contributed by atoms with Crippen molar-refractivity contribution in [2.45, 2.75) is 18.9 Å². The molecule has 2 saturated heterocycles. The molecule has 0 bridgehead atoms. The molecule has 0 aliphatic carbocycles. The van der Waals surface area contributed by atoms with E-state index in [2.05, 4.69) is 53.0 Å². The fourth-order valence-electron chi connectivity index (χ4n) is 5.66. The maximum atomic E-state index is 13.6. The normalized spacial score (nSPS) is 18.5. The van der Waals surface area contributed by atoms with Gasteiger partial charge in [0.2, 0.25) is 0 Å². The van der Waals surface area contributed by atoms with Gasteiger partial charge in [-0.05, 0) is 30.8 Å². The lowest BCUT2D eigenvalue weighted by Gasteiger charge is -2.34. The van der Waals surface area contributed by atoms with Gasteiger partial charge in [0.1, 0.15) is 5.69 Å². The Morgan fingerprint density at radius 3 is 2.56 bits per heavy atom. The molecule has 39 heavy (non-hydrogen) atoms. The quantitative estimate of drug-likeness (QED) is 0.353. The van der Waals surface area contributed by atoms with Crippen LogP contribution in [0.3, 0.4) is 0 Å². The first-order chi connectivity index (χ1) is 18.9. The van der Waals surface area contributed by atoms with Crippen LogP contribution < -0.4 is 4.90 Å². The van der Waals surface area contributed by atoms with Gasteiger partial charge in [0, 0.05) is 74.4 Å². The summed E-state index contributed by atoms with van der Waals surface area (Å²) in [5.74, 6) is -2.61. The number of likely N-dealkylation sites (tertiary alicyclic amines) is 1. The van der Waals surface area contributed by atoms with Crippen molar-refractivity contribution in [1.82, 2.24) is 39.9 Å². The molecule has 0 spiro atoms. The summed E-state index contributed by atoms with van der Waals surface area (Å²) in [4.78, 5) is 23.5. The Hall–Kier alpha value is -3.96. The molecule has 9 nitrogen and oxygen atoms in total. The Labute approximate surface area is 223 Å². The largest absolute Gasteiger partial charge is 0.367 e. The highest BCUT2D eigenvalue weighted by Crippen LogP contribution is 2.34. The molecule has 0 unspecified atom stereocenters. The van der Waals surface area contributed by atoms with Crippen molar-refractivity contribution in [1.29, 1.82) is 0 Å². The molecule has 0 atom stereocenters. The summed E-state index contributed by atoms with van der Waals surface area (Å²) in [5.41, 5.74) is 7.11. The third-order valence-electron chi connectivity index (χ3n) is 7.82. The Morgan fingerprint density at radius 2 is 1.74 bits per heavy atom. The summed E-state index contributed by atoms with van der Waals surface area (Å²) in [7, 11) is 2.15. The number of aromatic nitrogens is 6. The number of hydrogen-bond acceptors (Lipinski definition) is 7. The fraction of sp³-hybridized carbons (Fsp3) is 0.357. The van der Waals surface area contributed by atoms with Gasteiger partial charge in [-0.2, -0.15) is 5.10 Å². The number of pyridine rings is 3. The van der Waals surface area contributed by atoms with Crippen molar-refractivity contribution in [3.63, 3.8) is 0 Å². The SMILES string of the molecule is CN1CCN(c2cncc3[nH]c(-c4n[nH]c5cnc(-c6cncc(CN7CCC(F)(F)C7)c6)cc45)cc23)CC1. The number of anilines is 1. The van der Waals surface area contributed by atoms with Crippen molar-refractivity contribution in [2.24, 2.45) is 0 Å². The molecule has 11 heteroatoms. The minimum Gasteiger partial charge on any atom is -0.367 e. The summed E-state index contributed by atoms with van der Waals surface area (Å²) in [6.45, 7) is 4.58. The molecule has 2 aliphatic rings. The Kier molecular flexibility index (Phi) is 5.78. The predicted octanol–water partition coefficient (Wildman–Crippen LogP) is 4.16. The van der Waals surface area contributed by atoms with Gasteiger partial charge >= 0.3 is 0 Å². The van der Waals surface area contributed by atoms with Gasteiger partial charge in [-0.1, -0.05) is 0 Å². The van der Waals surface area contributed by atoms with E-state index in [0.717, 1.165) is 81.9 Å². The molecular weight excluding hydrogens is 500 g/mol. The molecule has 0 saturated carbocycles. The molecule has 7 rings (SSSR count). The third-order valence-corrected chi connectivity index (χ3v) is 7.82. The van der Waals surface area contributed by atoms with E-state index in [9.17, 15) is 8.78 Å². The van der Waals surface area contributed by atoms with Crippen LogP contribution in [-0.2, 0) is 6.54 Å². The van der Waals surface area contributed by atoms with Crippen LogP contribution in [-0.4, -0.2) is 92.2 Å². The molecule has 0 radical (unpaired) electrons. The third kappa shape index (κ3) is 4.61. The second-order valence-corrected chi connectivity index (χ2v) is 10.7. The second-order valence-electron chi connectivity index (χ2n) is 10.7.